The van der Waals surface area contributed by atoms with Gasteiger partial charge in [-0.3, -0.25) is 4.79 Å². The Morgan fingerprint density at radius 1 is 1.48 bits per heavy atom. The number of hydrogen-bond donors (Lipinski definition) is 1. The van der Waals surface area contributed by atoms with Crippen LogP contribution in [-0.4, -0.2) is 50.5 Å². The molecule has 1 saturated heterocycles. The summed E-state index contributed by atoms with van der Waals surface area (Å²) in [6.07, 6.45) is 2.06. The highest BCUT2D eigenvalue weighted by Gasteiger charge is 2.33. The Balaban J connectivity index is 1.52. The molecule has 7 nitrogen and oxygen atoms in total. The molecule has 3 aliphatic rings. The lowest BCUT2D eigenvalue weighted by atomic mass is 10.1. The van der Waals surface area contributed by atoms with Gasteiger partial charge in [-0.2, -0.15) is 0 Å². The second-order valence-electron chi connectivity index (χ2n) is 6.41. The second-order valence-corrected chi connectivity index (χ2v) is 9.17. The molecule has 0 saturated carbocycles. The third kappa shape index (κ3) is 3.28. The number of nitrogens with one attached hydrogen (secondary N) is 1. The van der Waals surface area contributed by atoms with E-state index in [1.54, 1.807) is 12.1 Å². The van der Waals surface area contributed by atoms with Crippen LogP contribution in [0.25, 0.3) is 0 Å². The normalized spacial score (nSPS) is 25.1. The third-order valence-corrected chi connectivity index (χ3v) is 6.92. The van der Waals surface area contributed by atoms with Gasteiger partial charge in [0, 0.05) is 23.6 Å². The molecule has 3 aliphatic heterocycles. The molecule has 25 heavy (non-hydrogen) atoms. The fourth-order valence-corrected chi connectivity index (χ4v) is 5.55. The van der Waals surface area contributed by atoms with Crippen molar-refractivity contribution in [3.63, 3.8) is 0 Å². The maximum Gasteiger partial charge on any atom is 0.257 e. The van der Waals surface area contributed by atoms with E-state index in [1.165, 1.54) is 11.8 Å². The molecule has 1 aromatic rings. The third-order valence-electron chi connectivity index (χ3n) is 4.62. The molecule has 1 aromatic carbocycles. The summed E-state index contributed by atoms with van der Waals surface area (Å²) in [6, 6.07) is 5.37. The average Bonchev–Trinajstić information content (AvgIpc) is 3.20. The number of rotatable bonds is 3. The molecule has 0 spiro atoms. The number of ether oxygens (including phenoxy) is 1. The topological polar surface area (TPSA) is 88.1 Å². The van der Waals surface area contributed by atoms with Crippen LogP contribution in [0.15, 0.2) is 27.5 Å². The molecule has 0 aliphatic carbocycles. The van der Waals surface area contributed by atoms with Crippen LogP contribution in [0.4, 0.5) is 5.69 Å². The van der Waals surface area contributed by atoms with Crippen molar-refractivity contribution in [2.24, 2.45) is 4.40 Å². The van der Waals surface area contributed by atoms with Crippen LogP contribution in [-0.2, 0) is 14.8 Å². The lowest BCUT2D eigenvalue weighted by molar-refractivity contribution is 0.0712. The SMILES string of the molecule is CC(NC(=O)c1ccc2c(c1)SC1=NS(=O)(=O)CCN12)C1CCCO1. The van der Waals surface area contributed by atoms with Gasteiger partial charge in [0.15, 0.2) is 5.17 Å². The number of nitrogens with zero attached hydrogens (tertiary/aromatic N) is 2. The minimum Gasteiger partial charge on any atom is -0.376 e. The van der Waals surface area contributed by atoms with Crippen LogP contribution in [0.2, 0.25) is 0 Å². The van der Waals surface area contributed by atoms with E-state index in [0.717, 1.165) is 30.0 Å². The number of fused-ring (bicyclic) bond motifs is 3. The van der Waals surface area contributed by atoms with E-state index in [9.17, 15) is 13.2 Å². The first kappa shape index (κ1) is 16.9. The molecule has 0 radical (unpaired) electrons. The molecule has 1 N–H and O–H groups in total. The molecule has 3 heterocycles. The average molecular weight is 381 g/mol. The molecular weight excluding hydrogens is 362 g/mol. The highest BCUT2D eigenvalue weighted by Crippen LogP contribution is 2.42. The number of benzene rings is 1. The molecule has 0 bridgehead atoms. The minimum absolute atomic E-state index is 0.0115. The van der Waals surface area contributed by atoms with Gasteiger partial charge in [-0.1, -0.05) is 0 Å². The first-order valence-electron chi connectivity index (χ1n) is 8.27. The highest BCUT2D eigenvalue weighted by molar-refractivity contribution is 8.15. The van der Waals surface area contributed by atoms with Crippen LogP contribution < -0.4 is 10.2 Å². The van der Waals surface area contributed by atoms with Crippen LogP contribution in [0.5, 0.6) is 0 Å². The molecule has 1 fully saturated rings. The zero-order chi connectivity index (χ0) is 17.6. The van der Waals surface area contributed by atoms with Crippen molar-refractivity contribution in [1.82, 2.24) is 5.32 Å². The van der Waals surface area contributed by atoms with Gasteiger partial charge < -0.3 is 15.0 Å². The smallest absolute Gasteiger partial charge is 0.257 e. The molecule has 134 valence electrons. The number of amides is 1. The van der Waals surface area contributed by atoms with Gasteiger partial charge in [0.1, 0.15) is 0 Å². The number of hydrogen-bond acceptors (Lipinski definition) is 6. The summed E-state index contributed by atoms with van der Waals surface area (Å²) in [7, 11) is -3.37. The largest absolute Gasteiger partial charge is 0.376 e. The Kier molecular flexibility index (Phi) is 4.25. The first-order chi connectivity index (χ1) is 11.9. The summed E-state index contributed by atoms with van der Waals surface area (Å²) in [5.74, 6) is -0.136. The second kappa shape index (κ2) is 6.30. The lowest BCUT2D eigenvalue weighted by Crippen LogP contribution is -2.40. The molecule has 0 aromatic heterocycles. The Labute approximate surface area is 150 Å². The molecule has 2 unspecified atom stereocenters. The number of carbonyl (C=O) groups excluding carboxylic acids is 1. The van der Waals surface area contributed by atoms with E-state index in [4.69, 9.17) is 4.74 Å². The Morgan fingerprint density at radius 3 is 3.08 bits per heavy atom. The van der Waals surface area contributed by atoms with Gasteiger partial charge in [-0.25, -0.2) is 8.42 Å². The molecule has 4 rings (SSSR count). The van der Waals surface area contributed by atoms with Gasteiger partial charge in [0.25, 0.3) is 15.9 Å². The summed E-state index contributed by atoms with van der Waals surface area (Å²) in [6.45, 7) is 3.10. The number of carbonyl (C=O) groups is 1. The fraction of sp³-hybridized carbons (Fsp3) is 0.500. The van der Waals surface area contributed by atoms with Gasteiger partial charge in [0.2, 0.25) is 0 Å². The summed E-state index contributed by atoms with van der Waals surface area (Å²) < 4.78 is 32.8. The summed E-state index contributed by atoms with van der Waals surface area (Å²) in [5.41, 5.74) is 1.46. The van der Waals surface area contributed by atoms with Crippen LogP contribution in [0.1, 0.15) is 30.1 Å². The van der Waals surface area contributed by atoms with Crippen molar-refractivity contribution in [2.45, 2.75) is 36.8 Å². The van der Waals surface area contributed by atoms with E-state index < -0.39 is 10.0 Å². The predicted molar refractivity (Wildman–Crippen MR) is 96.8 cm³/mol. The van der Waals surface area contributed by atoms with Crippen molar-refractivity contribution in [2.75, 3.05) is 23.8 Å². The van der Waals surface area contributed by atoms with Crippen LogP contribution in [0, 0.1) is 0 Å². The van der Waals surface area contributed by atoms with Crippen LogP contribution >= 0.6 is 11.8 Å². The lowest BCUT2D eigenvalue weighted by Gasteiger charge is -2.22. The number of sulfonamides is 1. The Morgan fingerprint density at radius 2 is 2.32 bits per heavy atom. The Bertz CT molecular complexity index is 847. The van der Waals surface area contributed by atoms with E-state index in [-0.39, 0.29) is 23.8 Å². The zero-order valence-electron chi connectivity index (χ0n) is 13.8. The maximum absolute atomic E-state index is 12.5. The van der Waals surface area contributed by atoms with Gasteiger partial charge in [-0.15, -0.1) is 4.40 Å². The van der Waals surface area contributed by atoms with E-state index >= 15 is 0 Å². The first-order valence-corrected chi connectivity index (χ1v) is 10.7. The van der Waals surface area contributed by atoms with E-state index in [2.05, 4.69) is 9.71 Å². The molecule has 1 amide bonds. The van der Waals surface area contributed by atoms with Crippen molar-refractivity contribution in [3.8, 4) is 0 Å². The highest BCUT2D eigenvalue weighted by atomic mass is 32.2. The minimum atomic E-state index is -3.37. The number of thioether (sulfide) groups is 1. The van der Waals surface area contributed by atoms with Gasteiger partial charge >= 0.3 is 0 Å². The van der Waals surface area contributed by atoms with Gasteiger partial charge in [-0.05, 0) is 49.7 Å². The predicted octanol–water partition coefficient (Wildman–Crippen LogP) is 1.60. The zero-order valence-corrected chi connectivity index (χ0v) is 15.4. The van der Waals surface area contributed by atoms with Crippen molar-refractivity contribution < 1.29 is 17.9 Å². The molecular formula is C16H19N3O4S2. The van der Waals surface area contributed by atoms with E-state index in [1.807, 2.05) is 17.9 Å². The fourth-order valence-electron chi connectivity index (χ4n) is 3.25. The number of amidine groups is 1. The van der Waals surface area contributed by atoms with Gasteiger partial charge in [0.05, 0.1) is 23.6 Å². The summed E-state index contributed by atoms with van der Waals surface area (Å²) >= 11 is 1.29. The van der Waals surface area contributed by atoms with Crippen molar-refractivity contribution in [3.05, 3.63) is 23.8 Å². The standard InChI is InChI=1S/C16H19N3O4S2/c1-10(13-3-2-7-23-13)17-15(20)11-4-5-12-14(9-11)24-16-18-25(21,22)8-6-19(12)16/h4-5,9-10,13H,2-3,6-8H2,1H3,(H,17,20). The Hall–Kier alpha value is -1.58. The van der Waals surface area contributed by atoms with Crippen molar-refractivity contribution >= 4 is 38.5 Å². The quantitative estimate of drug-likeness (QED) is 0.856. The summed E-state index contributed by atoms with van der Waals surface area (Å²) in [5, 5.41) is 3.46. The van der Waals surface area contributed by atoms with Crippen LogP contribution in [0.3, 0.4) is 0 Å². The molecule has 9 heteroatoms. The molecule has 2 atom stereocenters. The van der Waals surface area contributed by atoms with Crippen molar-refractivity contribution in [1.29, 1.82) is 0 Å². The maximum atomic E-state index is 12.5. The number of anilines is 1. The van der Waals surface area contributed by atoms with E-state index in [0.29, 0.717) is 17.3 Å². The summed E-state index contributed by atoms with van der Waals surface area (Å²) in [4.78, 5) is 15.3. The monoisotopic (exact) mass is 381 g/mol.